The van der Waals surface area contributed by atoms with Gasteiger partial charge in [-0.1, -0.05) is 6.08 Å². The summed E-state index contributed by atoms with van der Waals surface area (Å²) < 4.78 is 1.84. The molecule has 0 N–H and O–H groups in total. The number of pyridine rings is 1. The second-order valence-corrected chi connectivity index (χ2v) is 3.86. The number of nitrogens with zero attached hydrogens (tertiary/aromatic N) is 1. The third kappa shape index (κ3) is 1.65. The molecule has 1 heterocycles. The van der Waals surface area contributed by atoms with Crippen molar-refractivity contribution >= 4 is 5.57 Å². The molecule has 2 heteroatoms. The van der Waals surface area contributed by atoms with Gasteiger partial charge in [0.1, 0.15) is 0 Å². The quantitative estimate of drug-likeness (QED) is 0.701. The molecule has 1 fully saturated rings. The van der Waals surface area contributed by atoms with Crippen molar-refractivity contribution in [2.75, 3.05) is 0 Å². The van der Waals surface area contributed by atoms with Crippen LogP contribution in [0.3, 0.4) is 0 Å². The molecule has 0 amide bonds. The van der Waals surface area contributed by atoms with Gasteiger partial charge < -0.3 is 4.57 Å². The summed E-state index contributed by atoms with van der Waals surface area (Å²) in [6.07, 6.45) is 6.25. The molecule has 0 spiro atoms. The summed E-state index contributed by atoms with van der Waals surface area (Å²) in [5, 5.41) is 0. The van der Waals surface area contributed by atoms with E-state index in [0.717, 1.165) is 24.0 Å². The first-order chi connectivity index (χ1) is 6.72. The number of hydrogen-bond donors (Lipinski definition) is 0. The first-order valence-electron chi connectivity index (χ1n) is 5.08. The van der Waals surface area contributed by atoms with Gasteiger partial charge in [0.2, 0.25) is 0 Å². The fourth-order valence-corrected chi connectivity index (χ4v) is 1.56. The Morgan fingerprint density at radius 1 is 1.57 bits per heavy atom. The summed E-state index contributed by atoms with van der Waals surface area (Å²) >= 11 is 0. The topological polar surface area (TPSA) is 22.0 Å². The van der Waals surface area contributed by atoms with E-state index in [9.17, 15) is 4.79 Å². The Balaban J connectivity index is 2.40. The minimum absolute atomic E-state index is 0.131. The largest absolute Gasteiger partial charge is 0.312 e. The predicted octanol–water partition coefficient (Wildman–Crippen LogP) is 2.61. The lowest BCUT2D eigenvalue weighted by Crippen LogP contribution is -2.17. The fraction of sp³-hybridized carbons (Fsp3) is 0.417. The van der Waals surface area contributed by atoms with E-state index in [1.807, 2.05) is 36.8 Å². The molecule has 1 aliphatic rings. The van der Waals surface area contributed by atoms with Gasteiger partial charge >= 0.3 is 0 Å². The van der Waals surface area contributed by atoms with Gasteiger partial charge in [0.15, 0.2) is 0 Å². The minimum atomic E-state index is 0.131. The zero-order valence-electron chi connectivity index (χ0n) is 8.66. The molecule has 1 aromatic rings. The van der Waals surface area contributed by atoms with Crippen molar-refractivity contribution in [2.24, 2.45) is 0 Å². The van der Waals surface area contributed by atoms with Gasteiger partial charge in [-0.05, 0) is 43.9 Å². The monoisotopic (exact) mass is 189 g/mol. The lowest BCUT2D eigenvalue weighted by Gasteiger charge is -2.05. The average Bonchev–Trinajstić information content (AvgIpc) is 3.00. The summed E-state index contributed by atoms with van der Waals surface area (Å²) in [6.45, 7) is 4.01. The normalized spacial score (nSPS) is 17.1. The van der Waals surface area contributed by atoms with E-state index in [4.69, 9.17) is 0 Å². The Bertz CT molecular complexity index is 424. The van der Waals surface area contributed by atoms with Crippen LogP contribution in [0.4, 0.5) is 0 Å². The van der Waals surface area contributed by atoms with Gasteiger partial charge in [-0.3, -0.25) is 4.79 Å². The SMILES string of the molecule is C/C=C(/C)c1ccn(C2CC2)c(=O)c1. The van der Waals surface area contributed by atoms with E-state index in [2.05, 4.69) is 0 Å². The highest BCUT2D eigenvalue weighted by molar-refractivity contribution is 5.62. The van der Waals surface area contributed by atoms with Crippen LogP contribution in [-0.4, -0.2) is 4.57 Å². The van der Waals surface area contributed by atoms with Crippen molar-refractivity contribution in [1.29, 1.82) is 0 Å². The highest BCUT2D eigenvalue weighted by atomic mass is 16.1. The van der Waals surface area contributed by atoms with Crippen LogP contribution in [0.1, 0.15) is 38.3 Å². The van der Waals surface area contributed by atoms with E-state index in [1.54, 1.807) is 6.07 Å². The van der Waals surface area contributed by atoms with Gasteiger partial charge in [0.05, 0.1) is 0 Å². The first kappa shape index (κ1) is 9.25. The molecule has 0 aromatic carbocycles. The van der Waals surface area contributed by atoms with Gasteiger partial charge in [-0.15, -0.1) is 0 Å². The average molecular weight is 189 g/mol. The van der Waals surface area contributed by atoms with Crippen molar-refractivity contribution < 1.29 is 0 Å². The van der Waals surface area contributed by atoms with E-state index >= 15 is 0 Å². The second kappa shape index (κ2) is 3.45. The third-order valence-electron chi connectivity index (χ3n) is 2.78. The minimum Gasteiger partial charge on any atom is -0.312 e. The standard InChI is InChI=1S/C12H15NO/c1-3-9(2)10-6-7-13(11-4-5-11)12(14)8-10/h3,6-8,11H,4-5H2,1-2H3/b9-3-. The van der Waals surface area contributed by atoms with E-state index in [1.165, 1.54) is 0 Å². The van der Waals surface area contributed by atoms with E-state index < -0.39 is 0 Å². The summed E-state index contributed by atoms with van der Waals surface area (Å²) in [5.74, 6) is 0. The number of rotatable bonds is 2. The zero-order chi connectivity index (χ0) is 10.1. The molecule has 0 saturated heterocycles. The van der Waals surface area contributed by atoms with Crippen molar-refractivity contribution in [3.05, 3.63) is 40.3 Å². The molecule has 1 aromatic heterocycles. The van der Waals surface area contributed by atoms with E-state index in [0.29, 0.717) is 6.04 Å². The lowest BCUT2D eigenvalue weighted by molar-refractivity contribution is 0.706. The molecule has 0 unspecified atom stereocenters. The summed E-state index contributed by atoms with van der Waals surface area (Å²) in [6, 6.07) is 4.23. The summed E-state index contributed by atoms with van der Waals surface area (Å²) in [7, 11) is 0. The maximum atomic E-state index is 11.7. The van der Waals surface area contributed by atoms with Crippen molar-refractivity contribution in [3.8, 4) is 0 Å². The molecule has 0 radical (unpaired) electrons. The maximum Gasteiger partial charge on any atom is 0.251 e. The molecular weight excluding hydrogens is 174 g/mol. The molecule has 74 valence electrons. The van der Waals surface area contributed by atoms with Crippen LogP contribution in [0.15, 0.2) is 29.2 Å². The molecule has 0 bridgehead atoms. The molecule has 2 nitrogen and oxygen atoms in total. The van der Waals surface area contributed by atoms with Gasteiger partial charge in [-0.2, -0.15) is 0 Å². The van der Waals surface area contributed by atoms with Crippen molar-refractivity contribution in [1.82, 2.24) is 4.57 Å². The highest BCUT2D eigenvalue weighted by Crippen LogP contribution is 2.33. The number of aromatic nitrogens is 1. The van der Waals surface area contributed by atoms with Crippen LogP contribution >= 0.6 is 0 Å². The molecule has 0 atom stereocenters. The van der Waals surface area contributed by atoms with Crippen molar-refractivity contribution in [2.45, 2.75) is 32.7 Å². The van der Waals surface area contributed by atoms with Gasteiger partial charge in [0, 0.05) is 18.3 Å². The Morgan fingerprint density at radius 2 is 2.29 bits per heavy atom. The van der Waals surface area contributed by atoms with Crippen LogP contribution in [0.5, 0.6) is 0 Å². The Morgan fingerprint density at radius 3 is 2.79 bits per heavy atom. The molecule has 1 aliphatic carbocycles. The molecule has 0 aliphatic heterocycles. The second-order valence-electron chi connectivity index (χ2n) is 3.86. The Hall–Kier alpha value is -1.31. The lowest BCUT2D eigenvalue weighted by atomic mass is 10.1. The molecule has 2 rings (SSSR count). The highest BCUT2D eigenvalue weighted by Gasteiger charge is 2.23. The van der Waals surface area contributed by atoms with Gasteiger partial charge in [0.25, 0.3) is 5.56 Å². The first-order valence-corrected chi connectivity index (χ1v) is 5.08. The third-order valence-corrected chi connectivity index (χ3v) is 2.78. The molecular formula is C12H15NO. The van der Waals surface area contributed by atoms with Crippen LogP contribution < -0.4 is 5.56 Å². The molecule has 14 heavy (non-hydrogen) atoms. The zero-order valence-corrected chi connectivity index (χ0v) is 8.66. The predicted molar refractivity (Wildman–Crippen MR) is 58.3 cm³/mol. The van der Waals surface area contributed by atoms with E-state index in [-0.39, 0.29) is 5.56 Å². The number of hydrogen-bond acceptors (Lipinski definition) is 1. The smallest absolute Gasteiger partial charge is 0.251 e. The van der Waals surface area contributed by atoms with Crippen molar-refractivity contribution in [3.63, 3.8) is 0 Å². The summed E-state index contributed by atoms with van der Waals surface area (Å²) in [5.41, 5.74) is 2.32. The summed E-state index contributed by atoms with van der Waals surface area (Å²) in [4.78, 5) is 11.7. The fourth-order valence-electron chi connectivity index (χ4n) is 1.56. The van der Waals surface area contributed by atoms with Gasteiger partial charge in [-0.25, -0.2) is 0 Å². The number of allylic oxidation sites excluding steroid dienone is 2. The van der Waals surface area contributed by atoms with Crippen LogP contribution in [-0.2, 0) is 0 Å². The maximum absolute atomic E-state index is 11.7. The van der Waals surface area contributed by atoms with Crippen LogP contribution in [0, 0.1) is 0 Å². The Kier molecular flexibility index (Phi) is 2.28. The Labute approximate surface area is 83.9 Å². The van der Waals surface area contributed by atoms with Crippen LogP contribution in [0.25, 0.3) is 5.57 Å². The molecule has 1 saturated carbocycles. The van der Waals surface area contributed by atoms with Crippen LogP contribution in [0.2, 0.25) is 0 Å².